The first-order valence-corrected chi connectivity index (χ1v) is 14.3. The molecule has 46 heavy (non-hydrogen) atoms. The van der Waals surface area contributed by atoms with Crippen molar-refractivity contribution in [1.82, 2.24) is 0 Å². The molecule has 0 radical (unpaired) electrons. The minimum atomic E-state index is -0.562. The van der Waals surface area contributed by atoms with E-state index in [1.165, 1.54) is 13.8 Å². The van der Waals surface area contributed by atoms with E-state index in [9.17, 15) is 14.4 Å². The number of likely N-dealkylation sites (N-methyl/N-ethyl adjacent to an activating group) is 2. The molecule has 2 heterocycles. The van der Waals surface area contributed by atoms with Crippen molar-refractivity contribution >= 4 is 41.0 Å². The van der Waals surface area contributed by atoms with Crippen molar-refractivity contribution in [2.24, 2.45) is 0 Å². The van der Waals surface area contributed by atoms with Gasteiger partial charge < -0.3 is 67.5 Å². The minimum absolute atomic E-state index is 0. The lowest BCUT2D eigenvalue weighted by molar-refractivity contribution is -0.562. The average molecular weight is 861 g/mol. The fourth-order valence-electron chi connectivity index (χ4n) is 3.85. The second kappa shape index (κ2) is 20.1. The first kappa shape index (κ1) is 42.7. The zero-order valence-corrected chi connectivity index (χ0v) is 32.4. The van der Waals surface area contributed by atoms with E-state index in [4.69, 9.17) is 9.47 Å². The molecule has 0 saturated heterocycles. The van der Waals surface area contributed by atoms with Crippen molar-refractivity contribution in [3.63, 3.8) is 0 Å². The van der Waals surface area contributed by atoms with Gasteiger partial charge in [-0.2, -0.15) is 9.15 Å². The van der Waals surface area contributed by atoms with Gasteiger partial charge in [-0.3, -0.25) is 19.3 Å². The quantitative estimate of drug-likeness (QED) is 0.172. The number of carbonyl (C=O) groups is 3. The van der Waals surface area contributed by atoms with Crippen molar-refractivity contribution in [2.45, 2.75) is 59.5 Å². The number of amides is 1. The van der Waals surface area contributed by atoms with E-state index in [2.05, 4.69) is 53.9 Å². The molecule has 1 N–H and O–H groups in total. The summed E-state index contributed by atoms with van der Waals surface area (Å²) in [5.41, 5.74) is 1.97. The first-order valence-electron chi connectivity index (χ1n) is 14.3. The maximum Gasteiger partial charge on any atom is 0.364 e. The Morgan fingerprint density at radius 1 is 0.761 bits per heavy atom. The summed E-state index contributed by atoms with van der Waals surface area (Å²) in [6.45, 7) is 13.9. The van der Waals surface area contributed by atoms with Crippen LogP contribution in [-0.4, -0.2) is 77.2 Å². The van der Waals surface area contributed by atoms with Crippen molar-refractivity contribution in [3.8, 4) is 0 Å². The fourth-order valence-corrected chi connectivity index (χ4v) is 3.85. The van der Waals surface area contributed by atoms with Crippen molar-refractivity contribution in [1.29, 1.82) is 0 Å². The number of rotatable bonds is 6. The smallest absolute Gasteiger partial charge is 0.364 e. The minimum Gasteiger partial charge on any atom is -1.00 e. The highest BCUT2D eigenvalue weighted by molar-refractivity contribution is 5.95. The summed E-state index contributed by atoms with van der Waals surface area (Å²) >= 11 is 0. The van der Waals surface area contributed by atoms with Crippen LogP contribution in [0.1, 0.15) is 48.5 Å². The summed E-state index contributed by atoms with van der Waals surface area (Å²) in [6, 6.07) is 19.6. The summed E-state index contributed by atoms with van der Waals surface area (Å²) in [7, 11) is 4.04. The summed E-state index contributed by atoms with van der Waals surface area (Å²) in [4.78, 5) is 33.0. The van der Waals surface area contributed by atoms with Gasteiger partial charge >= 0.3 is 23.7 Å². The molecule has 12 heteroatoms. The van der Waals surface area contributed by atoms with E-state index < -0.39 is 11.9 Å². The summed E-state index contributed by atoms with van der Waals surface area (Å²) in [5.74, 6) is 0.517. The maximum absolute atomic E-state index is 11.8. The summed E-state index contributed by atoms with van der Waals surface area (Å²) < 4.78 is 19.5. The molecule has 10 nitrogen and oxygen atoms in total. The Bertz CT molecular complexity index is 1410. The topological polar surface area (TPSA) is 100 Å². The number of hydrogen-bond acceptors (Lipinski definition) is 7. The van der Waals surface area contributed by atoms with Crippen LogP contribution in [0.5, 0.6) is 0 Å². The van der Waals surface area contributed by atoms with Crippen LogP contribution in [0.2, 0.25) is 0 Å². The van der Waals surface area contributed by atoms with E-state index in [1.807, 2.05) is 86.1 Å². The Balaban J connectivity index is 0.000000712. The molecule has 2 aromatic rings. The molecule has 0 aromatic heterocycles. The summed E-state index contributed by atoms with van der Waals surface area (Å²) in [6.07, 6.45) is 7.46. The number of esters is 2. The third kappa shape index (κ3) is 14.0. The molecular weight excluding hydrogens is 814 g/mol. The largest absolute Gasteiger partial charge is 1.00 e. The van der Waals surface area contributed by atoms with E-state index in [1.54, 1.807) is 18.0 Å². The van der Waals surface area contributed by atoms with Crippen LogP contribution < -0.4 is 58.2 Å². The zero-order chi connectivity index (χ0) is 32.9. The van der Waals surface area contributed by atoms with Crippen LogP contribution in [0.15, 0.2) is 85.2 Å². The van der Waals surface area contributed by atoms with E-state index in [0.29, 0.717) is 6.61 Å². The molecule has 252 valence electrons. The van der Waals surface area contributed by atoms with Gasteiger partial charge in [0.2, 0.25) is 5.91 Å². The van der Waals surface area contributed by atoms with Crippen molar-refractivity contribution < 1.29 is 85.7 Å². The lowest BCUT2D eigenvalue weighted by Gasteiger charge is -2.15. The number of halogens is 2. The lowest BCUT2D eigenvalue weighted by atomic mass is 10.1. The summed E-state index contributed by atoms with van der Waals surface area (Å²) in [5, 5.41) is 3.21. The van der Waals surface area contributed by atoms with E-state index >= 15 is 0 Å². The molecule has 0 spiro atoms. The molecule has 1 amide bonds. The second-order valence-corrected chi connectivity index (χ2v) is 11.5. The number of nitrogens with one attached hydrogen (secondary N) is 1. The highest BCUT2D eigenvalue weighted by Gasteiger charge is 2.39. The third-order valence-corrected chi connectivity index (χ3v) is 6.90. The predicted molar refractivity (Wildman–Crippen MR) is 173 cm³/mol. The zero-order valence-electron chi connectivity index (χ0n) is 28.0. The molecule has 0 unspecified atom stereocenters. The molecule has 0 atom stereocenters. The fraction of sp³-hybridized carbons (Fsp3) is 0.382. The standard InChI is InChI=1S/C16H21N2O2.C14H18N2O.C4H6O3.2HI/c1-13(19)18(14-8-6-5-7-9-14)11-10-15-17(4)16(2,3)12-20-15;1-14(2)11-17-13(16(14)3)9-10-15-12-7-5-4-6-8-12;1-3(5)7-4(2)6;;/h5-11H,12H2,1-4H3;4-10H,11H2,1-3H3;1-2H3;2*1H/q+1;;;;/p-1. The highest BCUT2D eigenvalue weighted by atomic mass is 127. The number of para-hydroxylation sites is 2. The first-order chi connectivity index (χ1) is 20.6. The van der Waals surface area contributed by atoms with Gasteiger partial charge in [0.25, 0.3) is 0 Å². The van der Waals surface area contributed by atoms with E-state index in [-0.39, 0.29) is 64.9 Å². The monoisotopic (exact) mass is 860 g/mol. The lowest BCUT2D eigenvalue weighted by Crippen LogP contribution is -3.00. The van der Waals surface area contributed by atoms with Crippen LogP contribution in [0.25, 0.3) is 0 Å². The van der Waals surface area contributed by atoms with Gasteiger partial charge in [-0.05, 0) is 24.3 Å². The van der Waals surface area contributed by atoms with Gasteiger partial charge in [-0.15, -0.1) is 0 Å². The van der Waals surface area contributed by atoms with Gasteiger partial charge in [-0.1, -0.05) is 36.4 Å². The predicted octanol–water partition coefficient (Wildman–Crippen LogP) is -1.03. The maximum atomic E-state index is 11.8. The Hall–Kier alpha value is -3.27. The normalized spacial score (nSPS) is 15.6. The molecule has 2 aliphatic heterocycles. The Kier molecular flexibility index (Phi) is 18.6. The van der Waals surface area contributed by atoms with Crippen LogP contribution in [-0.2, 0) is 28.6 Å². The van der Waals surface area contributed by atoms with Crippen molar-refractivity contribution in [2.75, 3.05) is 37.5 Å². The molecule has 2 aliphatic rings. The van der Waals surface area contributed by atoms with Gasteiger partial charge in [0, 0.05) is 72.2 Å². The molecular formula is C34H46I2N4O6. The van der Waals surface area contributed by atoms with Crippen LogP contribution in [0.4, 0.5) is 11.4 Å². The van der Waals surface area contributed by atoms with Gasteiger partial charge in [0.1, 0.15) is 14.1 Å². The van der Waals surface area contributed by atoms with Crippen LogP contribution in [0.3, 0.4) is 0 Å². The SMILES string of the molecule is CC(=O)N(C=CC1=[N+](C)C(C)(C)CO1)c1ccccc1.CC(=O)OC(C)=O.C[N+]1=C(C=CNc2ccccc2)OCC1(C)C.[I-].[I-]. The number of benzene rings is 2. The molecule has 4 rings (SSSR count). The number of ether oxygens (including phenoxy) is 3. The van der Waals surface area contributed by atoms with Crippen LogP contribution in [0, 0.1) is 0 Å². The Morgan fingerprint density at radius 3 is 1.57 bits per heavy atom. The Morgan fingerprint density at radius 2 is 1.20 bits per heavy atom. The molecule has 0 aliphatic carbocycles. The van der Waals surface area contributed by atoms with Crippen LogP contribution >= 0.6 is 0 Å². The van der Waals surface area contributed by atoms with E-state index in [0.717, 1.165) is 29.8 Å². The second-order valence-electron chi connectivity index (χ2n) is 11.5. The molecule has 0 fully saturated rings. The molecule has 0 saturated carbocycles. The third-order valence-electron chi connectivity index (χ3n) is 6.90. The number of nitrogens with zero attached hydrogens (tertiary/aromatic N) is 3. The van der Waals surface area contributed by atoms with Gasteiger partial charge in [-0.25, -0.2) is 0 Å². The Labute approximate surface area is 307 Å². The number of hydrogen-bond donors (Lipinski definition) is 1. The highest BCUT2D eigenvalue weighted by Crippen LogP contribution is 2.18. The number of anilines is 2. The van der Waals surface area contributed by atoms with Gasteiger partial charge in [0.05, 0.1) is 12.2 Å². The number of carbonyl (C=O) groups excluding carboxylic acids is 3. The molecule has 0 bridgehead atoms. The average Bonchev–Trinajstić information content (AvgIpc) is 3.37. The molecule has 2 aromatic carbocycles. The van der Waals surface area contributed by atoms with Crippen molar-refractivity contribution in [3.05, 3.63) is 85.2 Å². The van der Waals surface area contributed by atoms with Gasteiger partial charge in [0.15, 0.2) is 24.3 Å².